The first-order valence-electron chi connectivity index (χ1n) is 24.7. The fourth-order valence-corrected chi connectivity index (χ4v) is 12.1. The van der Waals surface area contributed by atoms with E-state index in [2.05, 4.69) is 256 Å². The lowest BCUT2D eigenvalue weighted by Gasteiger charge is -2.53. The van der Waals surface area contributed by atoms with Crippen LogP contribution < -0.4 is 9.80 Å². The van der Waals surface area contributed by atoms with Crippen molar-refractivity contribution in [3.8, 4) is 11.1 Å². The van der Waals surface area contributed by atoms with E-state index in [0.717, 1.165) is 38.5 Å². The smallest absolute Gasteiger partial charge is 0.0962 e. The largest absolute Gasteiger partial charge is 0.331 e. The standard InChI is InChI=1S/C65H60N2/c1-5-41-65(67(53-27-19-12-20-28-53)55-39-35-50(36-40-55)32-30-48-23-15-10-16-24-48)61-43-57-56-42-51-46-64(8-4,58(51)44-59(56)63(6-2,7-3)60(57)45-62(61)65)66(52-25-17-11-18-26-52)54-37-33-49(34-38-54)31-29-47-21-13-9-14-22-47/h9-40,42-45H,5-8,41,46H2,1-4H3/b31-29+,32-30+. The van der Waals surface area contributed by atoms with E-state index in [0.29, 0.717) is 0 Å². The second-order valence-electron chi connectivity index (χ2n) is 19.0. The molecule has 2 atom stereocenters. The van der Waals surface area contributed by atoms with Crippen molar-refractivity contribution in [2.75, 3.05) is 9.80 Å². The number of para-hydroxylation sites is 2. The van der Waals surface area contributed by atoms with E-state index in [-0.39, 0.29) is 16.5 Å². The molecule has 0 saturated heterocycles. The SMILES string of the molecule is CCCC1(N(c2ccccc2)c2ccc(/C=C/c3ccccc3)cc2)c2cc3c(cc21)C(CC)(CC)c1cc2c(cc1-3)CC2(CC)N(c1ccccc1)c1ccc(/C=C/c2ccccc2)cc1. The zero-order valence-electron chi connectivity index (χ0n) is 39.4. The molecule has 0 fully saturated rings. The van der Waals surface area contributed by atoms with Crippen LogP contribution in [0.4, 0.5) is 22.7 Å². The summed E-state index contributed by atoms with van der Waals surface area (Å²) >= 11 is 0. The van der Waals surface area contributed by atoms with Crippen LogP contribution in [0.5, 0.6) is 0 Å². The average molecular weight is 869 g/mol. The molecule has 0 N–H and O–H groups in total. The molecule has 0 bridgehead atoms. The Balaban J connectivity index is 0.981. The summed E-state index contributed by atoms with van der Waals surface area (Å²) in [5.41, 5.74) is 21.1. The number of fused-ring (bicyclic) bond motifs is 5. The van der Waals surface area contributed by atoms with Crippen LogP contribution >= 0.6 is 0 Å². The summed E-state index contributed by atoms with van der Waals surface area (Å²) in [4.78, 5) is 5.30. The van der Waals surface area contributed by atoms with E-state index in [1.807, 2.05) is 0 Å². The molecule has 11 rings (SSSR count). The van der Waals surface area contributed by atoms with Crippen LogP contribution in [0.2, 0.25) is 0 Å². The number of benzene rings is 8. The maximum Gasteiger partial charge on any atom is 0.0962 e. The van der Waals surface area contributed by atoms with Gasteiger partial charge in [0.1, 0.15) is 0 Å². The maximum absolute atomic E-state index is 2.67. The molecule has 2 heteroatoms. The van der Waals surface area contributed by atoms with Crippen molar-refractivity contribution < 1.29 is 0 Å². The first kappa shape index (κ1) is 42.5. The zero-order chi connectivity index (χ0) is 45.6. The van der Waals surface area contributed by atoms with Gasteiger partial charge in [0, 0.05) is 34.6 Å². The summed E-state index contributed by atoms with van der Waals surface area (Å²) in [6.07, 6.45) is 15.1. The van der Waals surface area contributed by atoms with Crippen LogP contribution in [-0.2, 0) is 22.9 Å². The minimum absolute atomic E-state index is 0.0705. The van der Waals surface area contributed by atoms with Gasteiger partial charge in [0.25, 0.3) is 0 Å². The molecule has 2 unspecified atom stereocenters. The summed E-state index contributed by atoms with van der Waals surface area (Å²) in [5, 5.41) is 0. The van der Waals surface area contributed by atoms with Crippen LogP contribution in [0.1, 0.15) is 115 Å². The van der Waals surface area contributed by atoms with Gasteiger partial charge >= 0.3 is 0 Å². The van der Waals surface area contributed by atoms with Crippen molar-refractivity contribution in [3.05, 3.63) is 250 Å². The van der Waals surface area contributed by atoms with E-state index in [9.17, 15) is 0 Å². The molecule has 0 aliphatic heterocycles. The molecule has 8 aromatic carbocycles. The molecular weight excluding hydrogens is 809 g/mol. The topological polar surface area (TPSA) is 6.48 Å². The van der Waals surface area contributed by atoms with Gasteiger partial charge in [0.2, 0.25) is 0 Å². The second kappa shape index (κ2) is 17.2. The van der Waals surface area contributed by atoms with E-state index in [4.69, 9.17) is 0 Å². The molecule has 0 heterocycles. The molecule has 330 valence electrons. The lowest BCUT2D eigenvalue weighted by molar-refractivity contribution is 0.361. The Hall–Kier alpha value is -7.16. The highest BCUT2D eigenvalue weighted by atomic mass is 15.2. The normalized spacial score (nSPS) is 18.2. The Labute approximate surface area is 398 Å². The molecule has 3 aliphatic rings. The minimum Gasteiger partial charge on any atom is -0.331 e. The highest BCUT2D eigenvalue weighted by Gasteiger charge is 2.58. The Morgan fingerprint density at radius 1 is 0.388 bits per heavy atom. The lowest BCUT2D eigenvalue weighted by atomic mass is 9.64. The zero-order valence-corrected chi connectivity index (χ0v) is 39.4. The van der Waals surface area contributed by atoms with Gasteiger partial charge in [-0.25, -0.2) is 0 Å². The third kappa shape index (κ3) is 7.00. The lowest BCUT2D eigenvalue weighted by Crippen LogP contribution is -2.51. The third-order valence-electron chi connectivity index (χ3n) is 15.6. The molecular formula is C65H60N2. The van der Waals surface area contributed by atoms with Gasteiger partial charge in [-0.05, 0) is 147 Å². The van der Waals surface area contributed by atoms with Crippen LogP contribution in [0.25, 0.3) is 35.4 Å². The molecule has 0 aromatic heterocycles. The molecule has 2 nitrogen and oxygen atoms in total. The average Bonchev–Trinajstić information content (AvgIpc) is 3.91. The Bertz CT molecular complexity index is 3090. The van der Waals surface area contributed by atoms with Crippen molar-refractivity contribution in [2.45, 2.75) is 82.7 Å². The molecule has 3 aliphatic carbocycles. The highest BCUT2D eigenvalue weighted by molar-refractivity contribution is 5.89. The fraction of sp³-hybridized carbons (Fsp3) is 0.200. The van der Waals surface area contributed by atoms with E-state index < -0.39 is 0 Å². The number of hydrogen-bond acceptors (Lipinski definition) is 2. The predicted molar refractivity (Wildman–Crippen MR) is 285 cm³/mol. The van der Waals surface area contributed by atoms with E-state index in [1.54, 1.807) is 0 Å². The molecule has 0 spiro atoms. The molecule has 8 aromatic rings. The third-order valence-corrected chi connectivity index (χ3v) is 15.6. The highest BCUT2D eigenvalue weighted by Crippen LogP contribution is 2.65. The minimum atomic E-state index is -0.213. The quantitative estimate of drug-likeness (QED) is 0.0947. The molecule has 0 saturated carbocycles. The van der Waals surface area contributed by atoms with Crippen LogP contribution in [0.15, 0.2) is 194 Å². The van der Waals surface area contributed by atoms with Crippen molar-refractivity contribution in [2.24, 2.45) is 0 Å². The van der Waals surface area contributed by atoms with Crippen molar-refractivity contribution in [1.82, 2.24) is 0 Å². The van der Waals surface area contributed by atoms with Crippen LogP contribution in [0, 0.1) is 0 Å². The van der Waals surface area contributed by atoms with Crippen molar-refractivity contribution >= 4 is 47.1 Å². The summed E-state index contributed by atoms with van der Waals surface area (Å²) in [6.45, 7) is 9.59. The Morgan fingerprint density at radius 3 is 1.27 bits per heavy atom. The molecule has 0 amide bonds. The monoisotopic (exact) mass is 868 g/mol. The maximum atomic E-state index is 2.67. The summed E-state index contributed by atoms with van der Waals surface area (Å²) in [5.74, 6) is 0. The van der Waals surface area contributed by atoms with Crippen molar-refractivity contribution in [1.29, 1.82) is 0 Å². The van der Waals surface area contributed by atoms with Gasteiger partial charge in [-0.1, -0.05) is 198 Å². The van der Waals surface area contributed by atoms with Gasteiger partial charge in [0.05, 0.1) is 11.1 Å². The van der Waals surface area contributed by atoms with Gasteiger partial charge < -0.3 is 9.80 Å². The van der Waals surface area contributed by atoms with E-state index >= 15 is 0 Å². The van der Waals surface area contributed by atoms with Gasteiger partial charge in [-0.3, -0.25) is 0 Å². The molecule has 0 radical (unpaired) electrons. The fourth-order valence-electron chi connectivity index (χ4n) is 12.1. The molecule has 67 heavy (non-hydrogen) atoms. The van der Waals surface area contributed by atoms with Crippen LogP contribution in [-0.4, -0.2) is 0 Å². The summed E-state index contributed by atoms with van der Waals surface area (Å²) in [7, 11) is 0. The summed E-state index contributed by atoms with van der Waals surface area (Å²) in [6, 6.07) is 72.3. The van der Waals surface area contributed by atoms with Crippen LogP contribution in [0.3, 0.4) is 0 Å². The van der Waals surface area contributed by atoms with E-state index in [1.165, 1.54) is 89.5 Å². The number of rotatable bonds is 15. The predicted octanol–water partition coefficient (Wildman–Crippen LogP) is 17.3. The number of hydrogen-bond donors (Lipinski definition) is 0. The van der Waals surface area contributed by atoms with Crippen molar-refractivity contribution in [3.63, 3.8) is 0 Å². The Morgan fingerprint density at radius 2 is 0.791 bits per heavy atom. The number of nitrogens with zero attached hydrogens (tertiary/aromatic N) is 2. The van der Waals surface area contributed by atoms with Gasteiger partial charge in [-0.2, -0.15) is 0 Å². The number of anilines is 4. The summed E-state index contributed by atoms with van der Waals surface area (Å²) < 4.78 is 0. The Kier molecular flexibility index (Phi) is 10.9. The first-order valence-corrected chi connectivity index (χ1v) is 24.7. The van der Waals surface area contributed by atoms with Gasteiger partial charge in [0.15, 0.2) is 0 Å². The first-order chi connectivity index (χ1) is 33.0. The van der Waals surface area contributed by atoms with Gasteiger partial charge in [-0.15, -0.1) is 0 Å². The second-order valence-corrected chi connectivity index (χ2v) is 19.0.